The maximum atomic E-state index is 12.5. The largest absolute Gasteiger partial charge is 0.486 e. The van der Waals surface area contributed by atoms with Gasteiger partial charge in [0.25, 0.3) is 11.6 Å². The molecule has 0 aliphatic heterocycles. The molecule has 0 radical (unpaired) electrons. The van der Waals surface area contributed by atoms with Gasteiger partial charge in [0.1, 0.15) is 18.2 Å². The Morgan fingerprint density at radius 2 is 2.00 bits per heavy atom. The molecule has 3 aromatic rings. The standard InChI is InChI=1S/C24H17BrClN3O4/c1-15-4-2-6-19(8-15)28-24(30)18(13-27)9-17-11-21(25)23(22(26)12-17)33-14-16-5-3-7-20(10-16)29(31)32/h2-12H,14H2,1H3,(H,28,30)/b18-9-. The van der Waals surface area contributed by atoms with E-state index in [1.807, 2.05) is 25.1 Å². The summed E-state index contributed by atoms with van der Waals surface area (Å²) < 4.78 is 6.25. The van der Waals surface area contributed by atoms with Crippen molar-refractivity contribution in [1.29, 1.82) is 5.26 Å². The zero-order valence-electron chi connectivity index (χ0n) is 17.3. The zero-order chi connectivity index (χ0) is 24.0. The number of ether oxygens (including phenoxy) is 1. The first-order valence-electron chi connectivity index (χ1n) is 9.62. The third kappa shape index (κ3) is 6.42. The van der Waals surface area contributed by atoms with E-state index in [1.165, 1.54) is 18.2 Å². The first kappa shape index (κ1) is 24.0. The number of hydrogen-bond donors (Lipinski definition) is 1. The fraction of sp³-hybridized carbons (Fsp3) is 0.0833. The molecule has 0 atom stereocenters. The summed E-state index contributed by atoms with van der Waals surface area (Å²) in [5, 5.41) is 23.3. The maximum absolute atomic E-state index is 12.5. The van der Waals surface area contributed by atoms with Gasteiger partial charge in [-0.25, -0.2) is 0 Å². The van der Waals surface area contributed by atoms with Crippen molar-refractivity contribution in [2.45, 2.75) is 13.5 Å². The lowest BCUT2D eigenvalue weighted by atomic mass is 10.1. The lowest BCUT2D eigenvalue weighted by Crippen LogP contribution is -2.13. The average Bonchev–Trinajstić information content (AvgIpc) is 2.77. The number of nitriles is 1. The minimum Gasteiger partial charge on any atom is -0.486 e. The van der Waals surface area contributed by atoms with Crippen LogP contribution in [0.1, 0.15) is 16.7 Å². The number of rotatable bonds is 7. The van der Waals surface area contributed by atoms with Gasteiger partial charge in [0.05, 0.1) is 14.4 Å². The van der Waals surface area contributed by atoms with Gasteiger partial charge in [-0.05, 0) is 69.9 Å². The fourth-order valence-corrected chi connectivity index (χ4v) is 3.94. The van der Waals surface area contributed by atoms with Gasteiger partial charge >= 0.3 is 0 Å². The van der Waals surface area contributed by atoms with Crippen LogP contribution < -0.4 is 10.1 Å². The van der Waals surface area contributed by atoms with Crippen molar-refractivity contribution >= 4 is 50.9 Å². The summed E-state index contributed by atoms with van der Waals surface area (Å²) in [6.45, 7) is 1.97. The Kier molecular flexibility index (Phi) is 7.83. The van der Waals surface area contributed by atoms with Crippen LogP contribution in [0.2, 0.25) is 5.02 Å². The van der Waals surface area contributed by atoms with E-state index in [0.29, 0.717) is 27.0 Å². The number of anilines is 1. The van der Waals surface area contributed by atoms with E-state index in [1.54, 1.807) is 36.4 Å². The molecule has 0 bridgehead atoms. The first-order valence-corrected chi connectivity index (χ1v) is 10.8. The first-order chi connectivity index (χ1) is 15.8. The molecule has 0 saturated carbocycles. The van der Waals surface area contributed by atoms with Gasteiger partial charge in [0.2, 0.25) is 0 Å². The van der Waals surface area contributed by atoms with Gasteiger partial charge in [-0.2, -0.15) is 5.26 Å². The van der Waals surface area contributed by atoms with Gasteiger partial charge in [0.15, 0.2) is 5.75 Å². The Labute approximate surface area is 203 Å². The minimum absolute atomic E-state index is 0.0327. The average molecular weight is 527 g/mol. The number of carbonyl (C=O) groups is 1. The molecule has 0 fully saturated rings. The number of nitro benzene ring substituents is 1. The molecule has 0 aliphatic rings. The smallest absolute Gasteiger partial charge is 0.269 e. The number of hydrogen-bond acceptors (Lipinski definition) is 5. The summed E-state index contributed by atoms with van der Waals surface area (Å²) in [6, 6.07) is 18.5. The molecule has 0 aliphatic carbocycles. The minimum atomic E-state index is -0.540. The third-order valence-electron chi connectivity index (χ3n) is 4.48. The third-order valence-corrected chi connectivity index (χ3v) is 5.35. The molecule has 7 nitrogen and oxygen atoms in total. The molecular formula is C24H17BrClN3O4. The van der Waals surface area contributed by atoms with Crippen LogP contribution in [0, 0.1) is 28.4 Å². The molecule has 0 heterocycles. The lowest BCUT2D eigenvalue weighted by Gasteiger charge is -2.11. The predicted molar refractivity (Wildman–Crippen MR) is 130 cm³/mol. The van der Waals surface area contributed by atoms with Crippen LogP contribution in [0.5, 0.6) is 5.75 Å². The topological polar surface area (TPSA) is 105 Å². The Bertz CT molecular complexity index is 1280. The number of halogens is 2. The number of non-ortho nitro benzene ring substituents is 1. The molecular weight excluding hydrogens is 510 g/mol. The summed E-state index contributed by atoms with van der Waals surface area (Å²) in [7, 11) is 0. The van der Waals surface area contributed by atoms with Crippen LogP contribution in [-0.4, -0.2) is 10.8 Å². The van der Waals surface area contributed by atoms with Crippen LogP contribution in [0.3, 0.4) is 0 Å². The highest BCUT2D eigenvalue weighted by molar-refractivity contribution is 9.10. The fourth-order valence-electron chi connectivity index (χ4n) is 2.95. The number of amides is 1. The molecule has 33 heavy (non-hydrogen) atoms. The van der Waals surface area contributed by atoms with Gasteiger partial charge in [0, 0.05) is 17.8 Å². The maximum Gasteiger partial charge on any atom is 0.269 e. The summed E-state index contributed by atoms with van der Waals surface area (Å²) in [5.74, 6) is -0.204. The van der Waals surface area contributed by atoms with E-state index in [-0.39, 0.29) is 22.9 Å². The van der Waals surface area contributed by atoms with E-state index in [0.717, 1.165) is 5.56 Å². The van der Waals surface area contributed by atoms with Gasteiger partial charge in [-0.3, -0.25) is 14.9 Å². The van der Waals surface area contributed by atoms with Gasteiger partial charge in [-0.15, -0.1) is 0 Å². The second-order valence-corrected chi connectivity index (χ2v) is 8.28. The number of nitro groups is 1. The SMILES string of the molecule is Cc1cccc(NC(=O)/C(C#N)=C\c2cc(Cl)c(OCc3cccc([N+](=O)[O-])c3)c(Br)c2)c1. The summed E-state index contributed by atoms with van der Waals surface area (Å²) in [5.41, 5.74) is 2.57. The van der Waals surface area contributed by atoms with Crippen molar-refractivity contribution in [1.82, 2.24) is 0 Å². The quantitative estimate of drug-likeness (QED) is 0.165. The van der Waals surface area contributed by atoms with Crippen molar-refractivity contribution in [2.75, 3.05) is 5.32 Å². The molecule has 1 N–H and O–H groups in total. The summed E-state index contributed by atoms with van der Waals surface area (Å²) in [6.07, 6.45) is 1.42. The zero-order valence-corrected chi connectivity index (χ0v) is 19.7. The van der Waals surface area contributed by atoms with Gasteiger partial charge < -0.3 is 10.1 Å². The normalized spacial score (nSPS) is 10.9. The van der Waals surface area contributed by atoms with Crippen molar-refractivity contribution < 1.29 is 14.5 Å². The highest BCUT2D eigenvalue weighted by Gasteiger charge is 2.14. The van der Waals surface area contributed by atoms with Gasteiger partial charge in [-0.1, -0.05) is 35.9 Å². The molecule has 166 valence electrons. The number of benzene rings is 3. The predicted octanol–water partition coefficient (Wildman–Crippen LogP) is 6.44. The monoisotopic (exact) mass is 525 g/mol. The van der Waals surface area contributed by atoms with Crippen LogP contribution in [-0.2, 0) is 11.4 Å². The van der Waals surface area contributed by atoms with E-state index in [2.05, 4.69) is 21.2 Å². The van der Waals surface area contributed by atoms with Crippen molar-refractivity contribution in [3.63, 3.8) is 0 Å². The lowest BCUT2D eigenvalue weighted by molar-refractivity contribution is -0.384. The Hall–Kier alpha value is -3.67. The molecule has 0 unspecified atom stereocenters. The molecule has 0 saturated heterocycles. The second-order valence-electron chi connectivity index (χ2n) is 7.02. The summed E-state index contributed by atoms with van der Waals surface area (Å²) in [4.78, 5) is 23.0. The van der Waals surface area contributed by atoms with E-state index >= 15 is 0 Å². The second kappa shape index (κ2) is 10.8. The van der Waals surface area contributed by atoms with E-state index < -0.39 is 10.8 Å². The molecule has 0 aromatic heterocycles. The highest BCUT2D eigenvalue weighted by Crippen LogP contribution is 2.36. The van der Waals surface area contributed by atoms with Crippen LogP contribution in [0.15, 0.2) is 70.7 Å². The molecule has 0 spiro atoms. The van der Waals surface area contributed by atoms with Crippen LogP contribution >= 0.6 is 27.5 Å². The molecule has 9 heteroatoms. The Balaban J connectivity index is 1.77. The number of aryl methyl sites for hydroxylation is 1. The van der Waals surface area contributed by atoms with E-state index in [9.17, 15) is 20.2 Å². The summed E-state index contributed by atoms with van der Waals surface area (Å²) >= 11 is 9.75. The number of nitrogens with zero attached hydrogens (tertiary/aromatic N) is 2. The molecule has 3 rings (SSSR count). The van der Waals surface area contributed by atoms with Crippen molar-refractivity contribution in [2.24, 2.45) is 0 Å². The number of carbonyl (C=O) groups excluding carboxylic acids is 1. The van der Waals surface area contributed by atoms with Crippen LogP contribution in [0.4, 0.5) is 11.4 Å². The Morgan fingerprint density at radius 3 is 2.67 bits per heavy atom. The van der Waals surface area contributed by atoms with E-state index in [4.69, 9.17) is 16.3 Å². The Morgan fingerprint density at radius 1 is 1.24 bits per heavy atom. The number of nitrogens with one attached hydrogen (secondary N) is 1. The highest BCUT2D eigenvalue weighted by atomic mass is 79.9. The van der Waals surface area contributed by atoms with Crippen molar-refractivity contribution in [3.8, 4) is 11.8 Å². The molecule has 1 amide bonds. The van der Waals surface area contributed by atoms with Crippen molar-refractivity contribution in [3.05, 3.63) is 103 Å². The molecule has 3 aromatic carbocycles. The van der Waals surface area contributed by atoms with Crippen LogP contribution in [0.25, 0.3) is 6.08 Å².